The van der Waals surface area contributed by atoms with E-state index in [9.17, 15) is 4.79 Å². The molecule has 10 heavy (non-hydrogen) atoms. The van der Waals surface area contributed by atoms with Gasteiger partial charge in [0.1, 0.15) is 0 Å². The SMILES string of the molecule is C=C(/C=C/C(C)C)C(C)=O. The minimum Gasteiger partial charge on any atom is -0.295 e. The summed E-state index contributed by atoms with van der Waals surface area (Å²) in [7, 11) is 0. The normalized spacial score (nSPS) is 10.8. The van der Waals surface area contributed by atoms with Gasteiger partial charge in [0.15, 0.2) is 5.78 Å². The summed E-state index contributed by atoms with van der Waals surface area (Å²) in [6.07, 6.45) is 3.73. The molecule has 1 nitrogen and oxygen atoms in total. The fourth-order valence-electron chi connectivity index (χ4n) is 0.426. The maximum Gasteiger partial charge on any atom is 0.159 e. The highest BCUT2D eigenvalue weighted by Crippen LogP contribution is 1.99. The van der Waals surface area contributed by atoms with Crippen molar-refractivity contribution in [1.29, 1.82) is 0 Å². The van der Waals surface area contributed by atoms with E-state index >= 15 is 0 Å². The van der Waals surface area contributed by atoms with Crippen molar-refractivity contribution in [1.82, 2.24) is 0 Å². The largest absolute Gasteiger partial charge is 0.295 e. The fourth-order valence-corrected chi connectivity index (χ4v) is 0.426. The topological polar surface area (TPSA) is 17.1 Å². The lowest BCUT2D eigenvalue weighted by atomic mass is 10.1. The molecule has 0 saturated carbocycles. The zero-order valence-corrected chi connectivity index (χ0v) is 6.85. The molecule has 0 saturated heterocycles. The van der Waals surface area contributed by atoms with Gasteiger partial charge in [-0.15, -0.1) is 0 Å². The van der Waals surface area contributed by atoms with Crippen molar-refractivity contribution in [3.63, 3.8) is 0 Å². The molecule has 0 atom stereocenters. The Hall–Kier alpha value is -0.850. The van der Waals surface area contributed by atoms with E-state index in [1.54, 1.807) is 6.08 Å². The van der Waals surface area contributed by atoms with E-state index in [-0.39, 0.29) is 5.78 Å². The molecule has 0 radical (unpaired) electrons. The van der Waals surface area contributed by atoms with Gasteiger partial charge in [-0.3, -0.25) is 4.79 Å². The van der Waals surface area contributed by atoms with Crippen molar-refractivity contribution in [2.45, 2.75) is 20.8 Å². The quantitative estimate of drug-likeness (QED) is 0.432. The lowest BCUT2D eigenvalue weighted by molar-refractivity contribution is -0.113. The number of carbonyl (C=O) groups excluding carboxylic acids is 1. The monoisotopic (exact) mass is 138 g/mol. The summed E-state index contributed by atoms with van der Waals surface area (Å²) in [4.78, 5) is 10.6. The van der Waals surface area contributed by atoms with Crippen LogP contribution in [0.15, 0.2) is 24.3 Å². The van der Waals surface area contributed by atoms with Gasteiger partial charge in [0.25, 0.3) is 0 Å². The number of ketones is 1. The van der Waals surface area contributed by atoms with Gasteiger partial charge in [0.2, 0.25) is 0 Å². The Morgan fingerprint density at radius 1 is 1.50 bits per heavy atom. The van der Waals surface area contributed by atoms with Gasteiger partial charge < -0.3 is 0 Å². The minimum atomic E-state index is 0.0388. The Morgan fingerprint density at radius 3 is 2.30 bits per heavy atom. The summed E-state index contributed by atoms with van der Waals surface area (Å²) in [5.41, 5.74) is 0.578. The van der Waals surface area contributed by atoms with E-state index in [0.29, 0.717) is 11.5 Å². The summed E-state index contributed by atoms with van der Waals surface area (Å²) in [6, 6.07) is 0. The number of allylic oxidation sites excluding steroid dienone is 3. The molecule has 0 aromatic rings. The number of hydrogen-bond acceptors (Lipinski definition) is 1. The van der Waals surface area contributed by atoms with Gasteiger partial charge in [-0.2, -0.15) is 0 Å². The summed E-state index contributed by atoms with van der Waals surface area (Å²) in [5.74, 6) is 0.521. The van der Waals surface area contributed by atoms with Crippen LogP contribution in [0.5, 0.6) is 0 Å². The minimum absolute atomic E-state index is 0.0388. The molecule has 0 fully saturated rings. The molecule has 0 aliphatic heterocycles. The van der Waals surface area contributed by atoms with Crippen LogP contribution < -0.4 is 0 Å². The zero-order valence-electron chi connectivity index (χ0n) is 6.85. The molecule has 0 rings (SSSR count). The Bertz CT molecular complexity index is 164. The summed E-state index contributed by atoms with van der Waals surface area (Å²) in [5, 5.41) is 0. The molecule has 56 valence electrons. The molecule has 0 aromatic carbocycles. The van der Waals surface area contributed by atoms with E-state index in [4.69, 9.17) is 0 Å². The lowest BCUT2D eigenvalue weighted by Gasteiger charge is -1.93. The van der Waals surface area contributed by atoms with E-state index in [0.717, 1.165) is 0 Å². The number of hydrogen-bond donors (Lipinski definition) is 0. The molecule has 1 heteroatoms. The van der Waals surface area contributed by atoms with E-state index < -0.39 is 0 Å². The van der Waals surface area contributed by atoms with Crippen molar-refractivity contribution < 1.29 is 4.79 Å². The standard InChI is InChI=1S/C9H14O/c1-7(2)5-6-8(3)9(4)10/h5-7H,3H2,1-2,4H3/b6-5+. The third kappa shape index (κ3) is 4.07. The molecule has 0 N–H and O–H groups in total. The molecule has 0 aromatic heterocycles. The average molecular weight is 138 g/mol. The second-order valence-corrected chi connectivity index (χ2v) is 2.68. The average Bonchev–Trinajstić information content (AvgIpc) is 1.82. The van der Waals surface area contributed by atoms with Crippen LogP contribution in [0, 0.1) is 5.92 Å². The van der Waals surface area contributed by atoms with Gasteiger partial charge in [-0.1, -0.05) is 32.6 Å². The summed E-state index contributed by atoms with van der Waals surface area (Å²) >= 11 is 0. The van der Waals surface area contributed by atoms with Crippen molar-refractivity contribution in [2.24, 2.45) is 5.92 Å². The summed E-state index contributed by atoms with van der Waals surface area (Å²) < 4.78 is 0. The molecule has 0 heterocycles. The highest BCUT2D eigenvalue weighted by Gasteiger charge is 1.93. The van der Waals surface area contributed by atoms with E-state index in [1.165, 1.54) is 6.92 Å². The second kappa shape index (κ2) is 4.04. The van der Waals surface area contributed by atoms with Gasteiger partial charge >= 0.3 is 0 Å². The molecule has 0 bridgehead atoms. The molecular weight excluding hydrogens is 124 g/mol. The molecule has 0 unspecified atom stereocenters. The van der Waals surface area contributed by atoms with Crippen LogP contribution in [-0.2, 0) is 4.79 Å². The van der Waals surface area contributed by atoms with Crippen LogP contribution in [-0.4, -0.2) is 5.78 Å². The van der Waals surface area contributed by atoms with E-state index in [2.05, 4.69) is 20.4 Å². The maximum atomic E-state index is 10.6. The predicted octanol–water partition coefficient (Wildman–Crippen LogP) is 2.34. The third-order valence-corrected chi connectivity index (χ3v) is 1.13. The lowest BCUT2D eigenvalue weighted by Crippen LogP contribution is -1.90. The zero-order chi connectivity index (χ0) is 8.15. The first-order valence-corrected chi connectivity index (χ1v) is 3.42. The number of rotatable bonds is 3. The Morgan fingerprint density at radius 2 is 2.00 bits per heavy atom. The number of carbonyl (C=O) groups is 1. The van der Waals surface area contributed by atoms with Gasteiger partial charge in [-0.25, -0.2) is 0 Å². The highest BCUT2D eigenvalue weighted by molar-refractivity contribution is 5.95. The molecule has 0 amide bonds. The predicted molar refractivity (Wildman–Crippen MR) is 43.8 cm³/mol. The fraction of sp³-hybridized carbons (Fsp3) is 0.444. The van der Waals surface area contributed by atoms with Crippen LogP contribution in [0.1, 0.15) is 20.8 Å². The van der Waals surface area contributed by atoms with Gasteiger partial charge in [0.05, 0.1) is 0 Å². The van der Waals surface area contributed by atoms with Crippen LogP contribution >= 0.6 is 0 Å². The van der Waals surface area contributed by atoms with Gasteiger partial charge in [0, 0.05) is 5.57 Å². The van der Waals surface area contributed by atoms with Crippen LogP contribution in [0.4, 0.5) is 0 Å². The Kier molecular flexibility index (Phi) is 3.70. The maximum absolute atomic E-state index is 10.6. The van der Waals surface area contributed by atoms with Crippen LogP contribution in [0.2, 0.25) is 0 Å². The van der Waals surface area contributed by atoms with Crippen LogP contribution in [0.3, 0.4) is 0 Å². The van der Waals surface area contributed by atoms with E-state index in [1.807, 2.05) is 6.08 Å². The molecular formula is C9H14O. The molecule has 0 aliphatic carbocycles. The second-order valence-electron chi connectivity index (χ2n) is 2.68. The molecule has 0 spiro atoms. The third-order valence-electron chi connectivity index (χ3n) is 1.13. The Balaban J connectivity index is 3.91. The van der Waals surface area contributed by atoms with Crippen molar-refractivity contribution in [3.8, 4) is 0 Å². The van der Waals surface area contributed by atoms with Crippen molar-refractivity contribution >= 4 is 5.78 Å². The van der Waals surface area contributed by atoms with Crippen molar-refractivity contribution in [2.75, 3.05) is 0 Å². The first-order chi connectivity index (χ1) is 4.54. The van der Waals surface area contributed by atoms with Crippen LogP contribution in [0.25, 0.3) is 0 Å². The van der Waals surface area contributed by atoms with Gasteiger partial charge in [-0.05, 0) is 12.8 Å². The first-order valence-electron chi connectivity index (χ1n) is 3.42. The smallest absolute Gasteiger partial charge is 0.159 e. The van der Waals surface area contributed by atoms with Crippen molar-refractivity contribution in [3.05, 3.63) is 24.3 Å². The molecule has 0 aliphatic rings. The highest BCUT2D eigenvalue weighted by atomic mass is 16.1. The Labute approximate surface area is 62.4 Å². The summed E-state index contributed by atoms with van der Waals surface area (Å²) in [6.45, 7) is 9.23. The first kappa shape index (κ1) is 9.15. The number of Topliss-reactive ketones (excluding diaryl/α,β-unsaturated/α-hetero) is 1.